The van der Waals surface area contributed by atoms with Crippen LogP contribution in [0.3, 0.4) is 0 Å². The molecule has 3 heterocycles. The van der Waals surface area contributed by atoms with E-state index in [2.05, 4.69) is 28.8 Å². The molecular weight excluding hydrogens is 326 g/mol. The Morgan fingerprint density at radius 1 is 1.38 bits per heavy atom. The lowest BCUT2D eigenvalue weighted by Crippen LogP contribution is -2.26. The van der Waals surface area contributed by atoms with Gasteiger partial charge in [-0.05, 0) is 12.8 Å². The summed E-state index contributed by atoms with van der Waals surface area (Å²) in [5, 5.41) is 0.517. The number of aryl methyl sites for hydroxylation is 1. The van der Waals surface area contributed by atoms with Gasteiger partial charge in [-0.1, -0.05) is 31.9 Å². The number of carbonyl (C=O) groups excluding carboxylic acids is 1. The average molecular weight is 350 g/mol. The second kappa shape index (κ2) is 7.38. The molecule has 0 saturated carbocycles. The highest BCUT2D eigenvalue weighted by molar-refractivity contribution is 6.31. The third-order valence-corrected chi connectivity index (χ3v) is 4.71. The van der Waals surface area contributed by atoms with E-state index in [9.17, 15) is 4.79 Å². The van der Waals surface area contributed by atoms with Crippen molar-refractivity contribution in [3.8, 4) is 11.5 Å². The summed E-state index contributed by atoms with van der Waals surface area (Å²) in [4.78, 5) is 26.3. The first kappa shape index (κ1) is 17.0. The minimum atomic E-state index is 0.0911. The number of halogens is 1. The van der Waals surface area contributed by atoms with Crippen molar-refractivity contribution in [1.82, 2.24) is 24.4 Å². The quantitative estimate of drug-likeness (QED) is 0.832. The molecule has 1 fully saturated rings. The molecular formula is C17H24ClN5O. The van der Waals surface area contributed by atoms with Gasteiger partial charge in [0.1, 0.15) is 16.7 Å². The number of amides is 1. The number of nitrogens with zero attached hydrogens (tertiary/aromatic N) is 4. The van der Waals surface area contributed by atoms with Crippen molar-refractivity contribution in [2.75, 3.05) is 13.1 Å². The SMILES string of the molecule is CCCCc1nc(-c2nccn2C2CC(=O)N(CCC)C2)c(Cl)[nH]1. The van der Waals surface area contributed by atoms with Gasteiger partial charge < -0.3 is 14.5 Å². The van der Waals surface area contributed by atoms with Crippen LogP contribution >= 0.6 is 11.6 Å². The van der Waals surface area contributed by atoms with Gasteiger partial charge in [-0.2, -0.15) is 0 Å². The summed E-state index contributed by atoms with van der Waals surface area (Å²) in [6, 6.07) is 0.0911. The molecule has 0 spiro atoms. The third kappa shape index (κ3) is 3.34. The van der Waals surface area contributed by atoms with E-state index in [1.165, 1.54) is 0 Å². The molecule has 24 heavy (non-hydrogen) atoms. The van der Waals surface area contributed by atoms with Crippen molar-refractivity contribution >= 4 is 17.5 Å². The van der Waals surface area contributed by atoms with Gasteiger partial charge in [0.05, 0.1) is 6.04 Å². The molecule has 1 atom stereocenters. The highest BCUT2D eigenvalue weighted by atomic mass is 35.5. The minimum absolute atomic E-state index is 0.0911. The molecule has 0 aliphatic carbocycles. The highest BCUT2D eigenvalue weighted by Crippen LogP contribution is 2.30. The Morgan fingerprint density at radius 2 is 2.21 bits per heavy atom. The summed E-state index contributed by atoms with van der Waals surface area (Å²) in [6.45, 7) is 5.77. The number of unbranched alkanes of at least 4 members (excludes halogenated alkanes) is 1. The number of aromatic amines is 1. The largest absolute Gasteiger partial charge is 0.341 e. The molecule has 0 aromatic carbocycles. The van der Waals surface area contributed by atoms with Crippen LogP contribution in [0.1, 0.15) is 51.4 Å². The van der Waals surface area contributed by atoms with Crippen LogP contribution in [0.2, 0.25) is 5.15 Å². The van der Waals surface area contributed by atoms with E-state index in [0.29, 0.717) is 17.3 Å². The molecule has 130 valence electrons. The molecule has 1 N–H and O–H groups in total. The summed E-state index contributed by atoms with van der Waals surface area (Å²) < 4.78 is 2.04. The molecule has 1 aliphatic heterocycles. The van der Waals surface area contributed by atoms with E-state index in [1.807, 2.05) is 15.7 Å². The van der Waals surface area contributed by atoms with E-state index >= 15 is 0 Å². The maximum Gasteiger partial charge on any atom is 0.224 e. The number of imidazole rings is 2. The smallest absolute Gasteiger partial charge is 0.224 e. The Balaban J connectivity index is 1.84. The van der Waals surface area contributed by atoms with Gasteiger partial charge in [0.2, 0.25) is 5.91 Å². The molecule has 1 amide bonds. The van der Waals surface area contributed by atoms with Crippen LogP contribution in [0, 0.1) is 0 Å². The summed E-state index contributed by atoms with van der Waals surface area (Å²) in [5.74, 6) is 1.83. The fourth-order valence-corrected chi connectivity index (χ4v) is 3.46. The van der Waals surface area contributed by atoms with Crippen LogP contribution in [0.4, 0.5) is 0 Å². The number of rotatable bonds is 7. The van der Waals surface area contributed by atoms with Crippen molar-refractivity contribution in [1.29, 1.82) is 0 Å². The molecule has 2 aromatic rings. The number of aromatic nitrogens is 4. The Morgan fingerprint density at radius 3 is 2.96 bits per heavy atom. The lowest BCUT2D eigenvalue weighted by atomic mass is 10.2. The van der Waals surface area contributed by atoms with Crippen molar-refractivity contribution < 1.29 is 4.79 Å². The summed E-state index contributed by atoms with van der Waals surface area (Å²) in [7, 11) is 0. The molecule has 0 radical (unpaired) electrons. The molecule has 6 nitrogen and oxygen atoms in total. The zero-order valence-electron chi connectivity index (χ0n) is 14.3. The predicted octanol–water partition coefficient (Wildman–Crippen LogP) is 3.45. The molecule has 1 aliphatic rings. The number of H-pyrrole nitrogens is 1. The number of likely N-dealkylation sites (tertiary alicyclic amines) is 1. The van der Waals surface area contributed by atoms with Crippen LogP contribution in [-0.4, -0.2) is 43.4 Å². The van der Waals surface area contributed by atoms with Crippen LogP contribution in [-0.2, 0) is 11.2 Å². The summed E-state index contributed by atoms with van der Waals surface area (Å²) >= 11 is 6.35. The van der Waals surface area contributed by atoms with Gasteiger partial charge in [0, 0.05) is 38.3 Å². The van der Waals surface area contributed by atoms with Gasteiger partial charge >= 0.3 is 0 Å². The molecule has 1 unspecified atom stereocenters. The lowest BCUT2D eigenvalue weighted by molar-refractivity contribution is -0.127. The van der Waals surface area contributed by atoms with Gasteiger partial charge in [-0.3, -0.25) is 4.79 Å². The number of nitrogens with one attached hydrogen (secondary N) is 1. The Hall–Kier alpha value is -1.82. The van der Waals surface area contributed by atoms with Crippen LogP contribution in [0.15, 0.2) is 12.4 Å². The van der Waals surface area contributed by atoms with E-state index in [1.54, 1.807) is 6.20 Å². The normalized spacial score (nSPS) is 17.9. The molecule has 7 heteroatoms. The third-order valence-electron chi connectivity index (χ3n) is 4.44. The van der Waals surface area contributed by atoms with E-state index in [4.69, 9.17) is 11.6 Å². The van der Waals surface area contributed by atoms with Gasteiger partial charge in [-0.25, -0.2) is 9.97 Å². The second-order valence-electron chi connectivity index (χ2n) is 6.31. The van der Waals surface area contributed by atoms with Crippen LogP contribution < -0.4 is 0 Å². The second-order valence-corrected chi connectivity index (χ2v) is 6.68. The van der Waals surface area contributed by atoms with E-state index in [0.717, 1.165) is 50.4 Å². The molecule has 2 aromatic heterocycles. The Bertz CT molecular complexity index is 708. The molecule has 3 rings (SSSR count). The monoisotopic (exact) mass is 349 g/mol. The first-order chi connectivity index (χ1) is 11.6. The Labute approximate surface area is 147 Å². The number of hydrogen-bond acceptors (Lipinski definition) is 3. The van der Waals surface area contributed by atoms with Gasteiger partial charge in [0.25, 0.3) is 0 Å². The topological polar surface area (TPSA) is 66.8 Å². The zero-order valence-corrected chi connectivity index (χ0v) is 15.0. The summed E-state index contributed by atoms with van der Waals surface area (Å²) in [6.07, 6.45) is 8.21. The lowest BCUT2D eigenvalue weighted by Gasteiger charge is -2.17. The number of hydrogen-bond donors (Lipinski definition) is 1. The fraction of sp³-hybridized carbons (Fsp3) is 0.588. The fourth-order valence-electron chi connectivity index (χ4n) is 3.22. The minimum Gasteiger partial charge on any atom is -0.341 e. The van der Waals surface area contributed by atoms with Crippen molar-refractivity contribution in [2.45, 2.75) is 52.0 Å². The van der Waals surface area contributed by atoms with Crippen molar-refractivity contribution in [3.63, 3.8) is 0 Å². The highest BCUT2D eigenvalue weighted by Gasteiger charge is 2.32. The van der Waals surface area contributed by atoms with Crippen molar-refractivity contribution in [3.05, 3.63) is 23.4 Å². The molecule has 1 saturated heterocycles. The first-order valence-corrected chi connectivity index (χ1v) is 9.07. The van der Waals surface area contributed by atoms with Gasteiger partial charge in [-0.15, -0.1) is 0 Å². The van der Waals surface area contributed by atoms with E-state index in [-0.39, 0.29) is 11.9 Å². The van der Waals surface area contributed by atoms with Gasteiger partial charge in [0.15, 0.2) is 5.82 Å². The van der Waals surface area contributed by atoms with Crippen molar-refractivity contribution in [2.24, 2.45) is 0 Å². The standard InChI is InChI=1S/C17H24ClN5O/c1-3-5-6-13-20-15(16(18)21-13)17-19-7-9-23(17)12-10-14(24)22(11-12)8-4-2/h7,9,12H,3-6,8,10-11H2,1-2H3,(H,20,21). The average Bonchev–Trinajstić information content (AvgIpc) is 3.25. The molecule has 0 bridgehead atoms. The van der Waals surface area contributed by atoms with Crippen LogP contribution in [0.5, 0.6) is 0 Å². The maximum absolute atomic E-state index is 12.2. The first-order valence-electron chi connectivity index (χ1n) is 8.69. The zero-order chi connectivity index (χ0) is 17.1. The maximum atomic E-state index is 12.2. The van der Waals surface area contributed by atoms with E-state index < -0.39 is 0 Å². The summed E-state index contributed by atoms with van der Waals surface area (Å²) in [5.41, 5.74) is 0.675. The Kier molecular flexibility index (Phi) is 5.23. The number of carbonyl (C=O) groups is 1. The van der Waals surface area contributed by atoms with Crippen LogP contribution in [0.25, 0.3) is 11.5 Å². The predicted molar refractivity (Wildman–Crippen MR) is 94.0 cm³/mol.